The van der Waals surface area contributed by atoms with E-state index in [1.165, 1.54) is 38.5 Å². The van der Waals surface area contributed by atoms with Gasteiger partial charge in [-0.05, 0) is 63.7 Å². The molecular weight excluding hydrogens is 264 g/mol. The van der Waals surface area contributed by atoms with Crippen LogP contribution in [0.5, 0.6) is 0 Å². The van der Waals surface area contributed by atoms with E-state index in [0.29, 0.717) is 24.2 Å². The second-order valence-corrected chi connectivity index (χ2v) is 8.17. The van der Waals surface area contributed by atoms with Gasteiger partial charge in [0, 0.05) is 0 Å². The summed E-state index contributed by atoms with van der Waals surface area (Å²) in [6.45, 7) is 3.23. The molecule has 21 heavy (non-hydrogen) atoms. The van der Waals surface area contributed by atoms with E-state index in [-0.39, 0.29) is 11.2 Å². The zero-order chi connectivity index (χ0) is 14.1. The molecule has 2 aliphatic carbocycles. The molecule has 0 amide bonds. The van der Waals surface area contributed by atoms with E-state index < -0.39 is 0 Å². The predicted octanol–water partition coefficient (Wildman–Crippen LogP) is 3.23. The van der Waals surface area contributed by atoms with Gasteiger partial charge >= 0.3 is 0 Å². The van der Waals surface area contributed by atoms with E-state index >= 15 is 0 Å². The molecule has 5 rings (SSSR count). The molecule has 5 fully saturated rings. The van der Waals surface area contributed by atoms with E-state index in [0.717, 1.165) is 18.9 Å². The average molecular weight is 290 g/mol. The Labute approximate surface area is 127 Å². The number of allylic oxidation sites excluding steroid dienone is 1. The smallest absolute Gasteiger partial charge is 0.0986 e. The third kappa shape index (κ3) is 2.29. The number of ether oxygens (including phenoxy) is 3. The van der Waals surface area contributed by atoms with Crippen molar-refractivity contribution in [2.24, 2.45) is 11.8 Å². The van der Waals surface area contributed by atoms with Crippen LogP contribution >= 0.6 is 0 Å². The second kappa shape index (κ2) is 4.33. The van der Waals surface area contributed by atoms with Crippen molar-refractivity contribution in [1.82, 2.24) is 0 Å². The van der Waals surface area contributed by atoms with E-state index in [9.17, 15) is 0 Å². The molecule has 0 aromatic rings. The Morgan fingerprint density at radius 3 is 2.86 bits per heavy atom. The first-order valence-electron chi connectivity index (χ1n) is 8.81. The standard InChI is InChI=1S/C18H26O3/c1-17(11-19-17)13-5-7-16-18(10-13,21-16)8-2-3-12-4-6-14-15(9-12)20-14/h2-3,12-16H,4-11H2,1H3/b3-2+. The summed E-state index contributed by atoms with van der Waals surface area (Å²) in [4.78, 5) is 0. The lowest BCUT2D eigenvalue weighted by atomic mass is 9.74. The molecule has 2 saturated carbocycles. The third-order valence-electron chi connectivity index (χ3n) is 6.66. The van der Waals surface area contributed by atoms with E-state index in [1.54, 1.807) is 0 Å². The van der Waals surface area contributed by atoms with Gasteiger partial charge in [0.2, 0.25) is 0 Å². The normalized spacial score (nSPS) is 57.7. The quantitative estimate of drug-likeness (QED) is 0.589. The maximum absolute atomic E-state index is 6.11. The monoisotopic (exact) mass is 290 g/mol. The summed E-state index contributed by atoms with van der Waals surface area (Å²) < 4.78 is 17.4. The Bertz CT molecular complexity index is 469. The second-order valence-electron chi connectivity index (χ2n) is 8.17. The van der Waals surface area contributed by atoms with Crippen molar-refractivity contribution in [3.05, 3.63) is 12.2 Å². The van der Waals surface area contributed by atoms with Crippen LogP contribution in [0.3, 0.4) is 0 Å². The highest BCUT2D eigenvalue weighted by Gasteiger charge is 2.62. The minimum absolute atomic E-state index is 0.168. The summed E-state index contributed by atoms with van der Waals surface area (Å²) in [6, 6.07) is 0. The summed E-state index contributed by atoms with van der Waals surface area (Å²) in [5.74, 6) is 1.45. The van der Waals surface area contributed by atoms with Gasteiger partial charge in [-0.3, -0.25) is 0 Å². The average Bonchev–Trinajstić information content (AvgIpc) is 3.35. The molecule has 116 valence electrons. The zero-order valence-corrected chi connectivity index (χ0v) is 12.9. The van der Waals surface area contributed by atoms with Gasteiger partial charge in [0.05, 0.1) is 36.1 Å². The number of epoxide rings is 3. The van der Waals surface area contributed by atoms with Crippen LogP contribution in [-0.4, -0.2) is 36.1 Å². The molecule has 3 heteroatoms. The lowest BCUT2D eigenvalue weighted by Gasteiger charge is -2.28. The van der Waals surface area contributed by atoms with Gasteiger partial charge in [-0.2, -0.15) is 0 Å². The molecule has 3 aliphatic heterocycles. The van der Waals surface area contributed by atoms with Gasteiger partial charge in [-0.25, -0.2) is 0 Å². The van der Waals surface area contributed by atoms with Crippen LogP contribution in [0.15, 0.2) is 12.2 Å². The Morgan fingerprint density at radius 1 is 1.14 bits per heavy atom. The molecule has 7 atom stereocenters. The summed E-state index contributed by atoms with van der Waals surface area (Å²) in [6.07, 6.45) is 15.2. The summed E-state index contributed by atoms with van der Waals surface area (Å²) in [7, 11) is 0. The topological polar surface area (TPSA) is 37.6 Å². The molecule has 3 nitrogen and oxygen atoms in total. The molecular formula is C18H26O3. The van der Waals surface area contributed by atoms with Crippen molar-refractivity contribution in [2.45, 2.75) is 81.4 Å². The first-order chi connectivity index (χ1) is 10.2. The van der Waals surface area contributed by atoms with Crippen LogP contribution in [0.4, 0.5) is 0 Å². The molecule has 7 unspecified atom stereocenters. The molecule has 0 N–H and O–H groups in total. The summed E-state index contributed by atoms with van der Waals surface area (Å²) in [5.41, 5.74) is 0.344. The minimum Gasteiger partial charge on any atom is -0.370 e. The van der Waals surface area contributed by atoms with E-state index in [4.69, 9.17) is 14.2 Å². The highest BCUT2D eigenvalue weighted by Crippen LogP contribution is 2.56. The molecule has 0 aromatic carbocycles. The lowest BCUT2D eigenvalue weighted by molar-refractivity contribution is 0.167. The first-order valence-corrected chi connectivity index (χ1v) is 8.81. The number of hydrogen-bond acceptors (Lipinski definition) is 3. The molecule has 3 saturated heterocycles. The number of hydrogen-bond donors (Lipinski definition) is 0. The highest BCUT2D eigenvalue weighted by molar-refractivity contribution is 5.14. The van der Waals surface area contributed by atoms with Crippen LogP contribution in [0.1, 0.15) is 51.9 Å². The maximum atomic E-state index is 6.11. The van der Waals surface area contributed by atoms with Crippen molar-refractivity contribution in [3.63, 3.8) is 0 Å². The highest BCUT2D eigenvalue weighted by atomic mass is 16.6. The minimum atomic E-state index is 0.168. The zero-order valence-electron chi connectivity index (χ0n) is 12.9. The van der Waals surface area contributed by atoms with E-state index in [1.807, 2.05) is 0 Å². The van der Waals surface area contributed by atoms with Crippen molar-refractivity contribution >= 4 is 0 Å². The lowest BCUT2D eigenvalue weighted by Crippen LogP contribution is -2.32. The molecule has 5 aliphatic rings. The van der Waals surface area contributed by atoms with Crippen LogP contribution in [-0.2, 0) is 14.2 Å². The Morgan fingerprint density at radius 2 is 2.05 bits per heavy atom. The summed E-state index contributed by atoms with van der Waals surface area (Å²) >= 11 is 0. The fourth-order valence-corrected chi connectivity index (χ4v) is 4.83. The van der Waals surface area contributed by atoms with Crippen LogP contribution in [0.2, 0.25) is 0 Å². The fourth-order valence-electron chi connectivity index (χ4n) is 4.83. The van der Waals surface area contributed by atoms with Crippen molar-refractivity contribution < 1.29 is 14.2 Å². The number of rotatable bonds is 4. The summed E-state index contributed by atoms with van der Waals surface area (Å²) in [5, 5.41) is 0. The van der Waals surface area contributed by atoms with Crippen LogP contribution in [0.25, 0.3) is 0 Å². The van der Waals surface area contributed by atoms with Gasteiger partial charge in [0.1, 0.15) is 0 Å². The molecule has 0 aromatic heterocycles. The van der Waals surface area contributed by atoms with Gasteiger partial charge in [-0.15, -0.1) is 0 Å². The SMILES string of the molecule is CC1(C2CCC3OC3(C/C=C/C3CCC4OC4C3)C2)CO1. The van der Waals surface area contributed by atoms with Gasteiger partial charge in [0.25, 0.3) is 0 Å². The molecule has 0 bridgehead atoms. The predicted molar refractivity (Wildman–Crippen MR) is 79.1 cm³/mol. The third-order valence-corrected chi connectivity index (χ3v) is 6.66. The molecule has 0 radical (unpaired) electrons. The van der Waals surface area contributed by atoms with Gasteiger partial charge in [0.15, 0.2) is 0 Å². The Kier molecular flexibility index (Phi) is 2.70. The Balaban J connectivity index is 1.18. The van der Waals surface area contributed by atoms with Gasteiger partial charge < -0.3 is 14.2 Å². The van der Waals surface area contributed by atoms with Crippen molar-refractivity contribution in [3.8, 4) is 0 Å². The van der Waals surface area contributed by atoms with Crippen LogP contribution < -0.4 is 0 Å². The fraction of sp³-hybridized carbons (Fsp3) is 0.889. The van der Waals surface area contributed by atoms with Crippen LogP contribution in [0, 0.1) is 11.8 Å². The van der Waals surface area contributed by atoms with Gasteiger partial charge in [-0.1, -0.05) is 12.2 Å². The first kappa shape index (κ1) is 13.1. The van der Waals surface area contributed by atoms with Crippen molar-refractivity contribution in [2.75, 3.05) is 6.61 Å². The Hall–Kier alpha value is -0.380. The largest absolute Gasteiger partial charge is 0.370 e. The van der Waals surface area contributed by atoms with Crippen molar-refractivity contribution in [1.29, 1.82) is 0 Å². The number of fused-ring (bicyclic) bond motifs is 2. The molecule has 3 heterocycles. The maximum Gasteiger partial charge on any atom is 0.0986 e. The van der Waals surface area contributed by atoms with E-state index in [2.05, 4.69) is 19.1 Å². The molecule has 0 spiro atoms.